The van der Waals surface area contributed by atoms with Crippen LogP contribution in [0.1, 0.15) is 11.6 Å². The molecule has 1 aliphatic heterocycles. The van der Waals surface area contributed by atoms with Gasteiger partial charge in [0.2, 0.25) is 5.91 Å². The largest absolute Gasteiger partial charge is 0.338 e. The van der Waals surface area contributed by atoms with Crippen LogP contribution in [0.4, 0.5) is 0 Å². The highest BCUT2D eigenvalue weighted by Crippen LogP contribution is 2.16. The topological polar surface area (TPSA) is 89.2 Å². The lowest BCUT2D eigenvalue weighted by molar-refractivity contribution is -0.133. The second kappa shape index (κ2) is 6.79. The second-order valence-electron chi connectivity index (χ2n) is 5.76. The number of carbonyl (C=O) groups is 1. The number of nitrogens with one attached hydrogen (secondary N) is 1. The fourth-order valence-electron chi connectivity index (χ4n) is 2.76. The standard InChI is InChI=1S/C16H19N5O3/c1-19-14(22)4-7-21(16(19)24)11-15(23)20-8-6-18-13(10-20)12-3-2-5-17-9-12/h2-5,7,9,13,18H,6,8,10-11H2,1H3. The van der Waals surface area contributed by atoms with Gasteiger partial charge >= 0.3 is 5.69 Å². The van der Waals surface area contributed by atoms with Crippen molar-refractivity contribution in [3.8, 4) is 0 Å². The van der Waals surface area contributed by atoms with Gasteiger partial charge in [0.25, 0.3) is 5.56 Å². The van der Waals surface area contributed by atoms with E-state index >= 15 is 0 Å². The van der Waals surface area contributed by atoms with E-state index in [-0.39, 0.29) is 24.1 Å². The Hall–Kier alpha value is -2.74. The van der Waals surface area contributed by atoms with Crippen molar-refractivity contribution in [1.82, 2.24) is 24.3 Å². The summed E-state index contributed by atoms with van der Waals surface area (Å²) in [5, 5.41) is 3.36. The van der Waals surface area contributed by atoms with Crippen LogP contribution in [0, 0.1) is 0 Å². The van der Waals surface area contributed by atoms with E-state index in [4.69, 9.17) is 0 Å². The van der Waals surface area contributed by atoms with Gasteiger partial charge in [-0.2, -0.15) is 0 Å². The predicted octanol–water partition coefficient (Wildman–Crippen LogP) is -0.885. The monoisotopic (exact) mass is 329 g/mol. The highest BCUT2D eigenvalue weighted by atomic mass is 16.2. The smallest absolute Gasteiger partial charge is 0.331 e. The molecule has 0 saturated carbocycles. The molecule has 3 rings (SSSR count). The summed E-state index contributed by atoms with van der Waals surface area (Å²) in [6.07, 6.45) is 4.85. The molecule has 1 unspecified atom stereocenters. The number of hydrogen-bond donors (Lipinski definition) is 1. The quantitative estimate of drug-likeness (QED) is 0.789. The molecule has 1 aliphatic rings. The first-order valence-electron chi connectivity index (χ1n) is 7.74. The van der Waals surface area contributed by atoms with Crippen molar-refractivity contribution in [2.45, 2.75) is 12.6 Å². The normalized spacial score (nSPS) is 17.7. The molecule has 2 aromatic heterocycles. The maximum atomic E-state index is 12.5. The Balaban J connectivity index is 1.72. The lowest BCUT2D eigenvalue weighted by Gasteiger charge is -2.34. The number of hydrogen-bond acceptors (Lipinski definition) is 5. The van der Waals surface area contributed by atoms with Gasteiger partial charge in [-0.1, -0.05) is 6.07 Å². The minimum atomic E-state index is -0.491. The van der Waals surface area contributed by atoms with Gasteiger partial charge in [-0.05, 0) is 11.6 Å². The number of pyridine rings is 1. The van der Waals surface area contributed by atoms with Gasteiger partial charge in [-0.3, -0.25) is 23.7 Å². The number of piperazine rings is 1. The number of amides is 1. The average molecular weight is 329 g/mol. The van der Waals surface area contributed by atoms with Gasteiger partial charge in [0.15, 0.2) is 0 Å². The molecule has 0 aromatic carbocycles. The Morgan fingerprint density at radius 2 is 2.21 bits per heavy atom. The molecule has 1 N–H and O–H groups in total. The zero-order valence-electron chi connectivity index (χ0n) is 13.4. The van der Waals surface area contributed by atoms with Crippen molar-refractivity contribution in [2.75, 3.05) is 19.6 Å². The highest BCUT2D eigenvalue weighted by molar-refractivity contribution is 5.76. The zero-order valence-corrected chi connectivity index (χ0v) is 13.4. The average Bonchev–Trinajstić information content (AvgIpc) is 2.63. The molecule has 1 fully saturated rings. The molecule has 1 saturated heterocycles. The summed E-state index contributed by atoms with van der Waals surface area (Å²) in [4.78, 5) is 41.8. The molecule has 8 heteroatoms. The third-order valence-corrected chi connectivity index (χ3v) is 4.18. The van der Waals surface area contributed by atoms with Gasteiger partial charge in [0, 0.05) is 51.3 Å². The first-order chi connectivity index (χ1) is 11.6. The van der Waals surface area contributed by atoms with Crippen LogP contribution in [0.3, 0.4) is 0 Å². The minimum Gasteiger partial charge on any atom is -0.338 e. The molecule has 0 aliphatic carbocycles. The van der Waals surface area contributed by atoms with Crippen LogP contribution in [0.2, 0.25) is 0 Å². The molecule has 2 aromatic rings. The van der Waals surface area contributed by atoms with Gasteiger partial charge in [0.05, 0.1) is 6.04 Å². The molecule has 1 atom stereocenters. The fraction of sp³-hybridized carbons (Fsp3) is 0.375. The van der Waals surface area contributed by atoms with Crippen LogP contribution in [-0.2, 0) is 18.4 Å². The van der Waals surface area contributed by atoms with E-state index in [0.29, 0.717) is 19.6 Å². The van der Waals surface area contributed by atoms with Crippen molar-refractivity contribution in [3.63, 3.8) is 0 Å². The van der Waals surface area contributed by atoms with Crippen molar-refractivity contribution in [2.24, 2.45) is 7.05 Å². The molecule has 126 valence electrons. The van der Waals surface area contributed by atoms with E-state index < -0.39 is 5.69 Å². The fourth-order valence-corrected chi connectivity index (χ4v) is 2.76. The molecule has 24 heavy (non-hydrogen) atoms. The van der Waals surface area contributed by atoms with Crippen molar-refractivity contribution >= 4 is 5.91 Å². The SMILES string of the molecule is Cn1c(=O)ccn(CC(=O)N2CCNC(c3cccnc3)C2)c1=O. The third-order valence-electron chi connectivity index (χ3n) is 4.18. The second-order valence-corrected chi connectivity index (χ2v) is 5.76. The first-order valence-corrected chi connectivity index (χ1v) is 7.74. The summed E-state index contributed by atoms with van der Waals surface area (Å²) < 4.78 is 2.24. The maximum absolute atomic E-state index is 12.5. The summed E-state index contributed by atoms with van der Waals surface area (Å²) in [6.45, 7) is 1.70. The van der Waals surface area contributed by atoms with Crippen LogP contribution in [-0.4, -0.2) is 44.6 Å². The third kappa shape index (κ3) is 3.28. The van der Waals surface area contributed by atoms with Gasteiger partial charge in [0.1, 0.15) is 6.54 Å². The summed E-state index contributed by atoms with van der Waals surface area (Å²) in [5.41, 5.74) is 0.145. The molecule has 0 bridgehead atoms. The predicted molar refractivity (Wildman–Crippen MR) is 87.5 cm³/mol. The van der Waals surface area contributed by atoms with E-state index in [1.54, 1.807) is 17.3 Å². The van der Waals surface area contributed by atoms with Crippen LogP contribution in [0.15, 0.2) is 46.4 Å². The Bertz CT molecular complexity index is 843. The number of nitrogens with zero attached hydrogens (tertiary/aromatic N) is 4. The minimum absolute atomic E-state index is 0.0215. The van der Waals surface area contributed by atoms with Gasteiger partial charge in [-0.15, -0.1) is 0 Å². The van der Waals surface area contributed by atoms with Crippen LogP contribution in [0.25, 0.3) is 0 Å². The molecule has 0 radical (unpaired) electrons. The van der Waals surface area contributed by atoms with E-state index in [9.17, 15) is 14.4 Å². The lowest BCUT2D eigenvalue weighted by Crippen LogP contribution is -2.50. The maximum Gasteiger partial charge on any atom is 0.331 e. The van der Waals surface area contributed by atoms with Crippen molar-refractivity contribution in [3.05, 3.63) is 63.2 Å². The van der Waals surface area contributed by atoms with Gasteiger partial charge < -0.3 is 10.2 Å². The molecule has 3 heterocycles. The molecular weight excluding hydrogens is 310 g/mol. The van der Waals surface area contributed by atoms with E-state index in [2.05, 4.69) is 10.3 Å². The van der Waals surface area contributed by atoms with E-state index in [1.165, 1.54) is 23.9 Å². The summed E-state index contributed by atoms with van der Waals surface area (Å²) >= 11 is 0. The van der Waals surface area contributed by atoms with E-state index in [1.807, 2.05) is 12.1 Å². The number of rotatable bonds is 3. The summed E-state index contributed by atoms with van der Waals surface area (Å²) in [5.74, 6) is -0.147. The van der Waals surface area contributed by atoms with Crippen LogP contribution in [0.5, 0.6) is 0 Å². The van der Waals surface area contributed by atoms with Crippen molar-refractivity contribution < 1.29 is 4.79 Å². The Morgan fingerprint density at radius 1 is 1.38 bits per heavy atom. The molecule has 0 spiro atoms. The Kier molecular flexibility index (Phi) is 4.57. The lowest BCUT2D eigenvalue weighted by atomic mass is 10.1. The molecular formula is C16H19N5O3. The van der Waals surface area contributed by atoms with E-state index in [0.717, 1.165) is 10.1 Å². The zero-order chi connectivity index (χ0) is 17.1. The van der Waals surface area contributed by atoms with Crippen molar-refractivity contribution in [1.29, 1.82) is 0 Å². The Labute approximate surface area is 138 Å². The van der Waals surface area contributed by atoms with Gasteiger partial charge in [-0.25, -0.2) is 4.79 Å². The Morgan fingerprint density at radius 3 is 2.96 bits per heavy atom. The highest BCUT2D eigenvalue weighted by Gasteiger charge is 2.24. The molecule has 1 amide bonds. The summed E-state index contributed by atoms with van der Waals surface area (Å²) in [7, 11) is 1.40. The summed E-state index contributed by atoms with van der Waals surface area (Å²) in [6, 6.07) is 5.14. The molecule has 8 nitrogen and oxygen atoms in total. The number of aromatic nitrogens is 3. The van der Waals surface area contributed by atoms with Crippen LogP contribution >= 0.6 is 0 Å². The van der Waals surface area contributed by atoms with Crippen LogP contribution < -0.4 is 16.6 Å². The first kappa shape index (κ1) is 16.1. The number of carbonyl (C=O) groups excluding carboxylic acids is 1.